The van der Waals surface area contributed by atoms with Crippen molar-refractivity contribution in [2.75, 3.05) is 12.3 Å². The number of nitrogens with one attached hydrogen (secondary N) is 1. The molecule has 3 N–H and O–H groups in total. The third-order valence-electron chi connectivity index (χ3n) is 2.00. The second-order valence-electron chi connectivity index (χ2n) is 3.02. The predicted molar refractivity (Wildman–Crippen MR) is 57.4 cm³/mol. The number of H-pyrrole nitrogens is 1. The van der Waals surface area contributed by atoms with E-state index in [4.69, 9.17) is 10.5 Å². The maximum Gasteiger partial charge on any atom is 0.155 e. The van der Waals surface area contributed by atoms with Gasteiger partial charge < -0.3 is 10.5 Å². The van der Waals surface area contributed by atoms with Crippen LogP contribution in [0.1, 0.15) is 6.92 Å². The third kappa shape index (κ3) is 1.90. The highest BCUT2D eigenvalue weighted by Gasteiger charge is 2.04. The molecular formula is C10H12N4O. The number of hydrogen-bond acceptors (Lipinski definition) is 4. The molecule has 1 aromatic heterocycles. The Morgan fingerprint density at radius 2 is 2.33 bits per heavy atom. The highest BCUT2D eigenvalue weighted by molar-refractivity contribution is 5.65. The fraction of sp³-hybridized carbons (Fsp3) is 0.200. The van der Waals surface area contributed by atoms with Gasteiger partial charge >= 0.3 is 0 Å². The molecule has 78 valence electrons. The lowest BCUT2D eigenvalue weighted by atomic mass is 10.2. The van der Waals surface area contributed by atoms with Crippen molar-refractivity contribution < 1.29 is 4.74 Å². The largest absolute Gasteiger partial charge is 0.492 e. The van der Waals surface area contributed by atoms with E-state index in [1.54, 1.807) is 0 Å². The van der Waals surface area contributed by atoms with E-state index in [0.29, 0.717) is 23.9 Å². The Labute approximate surface area is 87.3 Å². The number of hydrogen-bond donors (Lipinski definition) is 2. The Bertz CT molecular complexity index is 439. The first kappa shape index (κ1) is 9.51. The summed E-state index contributed by atoms with van der Waals surface area (Å²) in [4.78, 5) is 4.04. The molecule has 15 heavy (non-hydrogen) atoms. The molecule has 0 spiro atoms. The van der Waals surface area contributed by atoms with Crippen molar-refractivity contribution in [3.63, 3.8) is 0 Å². The Hall–Kier alpha value is -2.04. The molecule has 2 rings (SSSR count). The Kier molecular flexibility index (Phi) is 2.53. The molecule has 0 unspecified atom stereocenters. The van der Waals surface area contributed by atoms with Crippen molar-refractivity contribution in [1.82, 2.24) is 15.2 Å². The zero-order valence-corrected chi connectivity index (χ0v) is 8.40. The number of rotatable bonds is 3. The molecule has 0 saturated heterocycles. The molecule has 0 aliphatic rings. The second kappa shape index (κ2) is 4.00. The summed E-state index contributed by atoms with van der Waals surface area (Å²) >= 11 is 0. The normalized spacial score (nSPS) is 10.2. The van der Waals surface area contributed by atoms with Crippen LogP contribution < -0.4 is 10.5 Å². The Morgan fingerprint density at radius 3 is 2.93 bits per heavy atom. The fourth-order valence-corrected chi connectivity index (χ4v) is 1.33. The van der Waals surface area contributed by atoms with Gasteiger partial charge in [0.2, 0.25) is 0 Å². The fourth-order valence-electron chi connectivity index (χ4n) is 1.33. The van der Waals surface area contributed by atoms with Gasteiger partial charge in [-0.25, -0.2) is 4.98 Å². The number of benzene rings is 1. The van der Waals surface area contributed by atoms with Crippen LogP contribution in [0.3, 0.4) is 0 Å². The average molecular weight is 204 g/mol. The van der Waals surface area contributed by atoms with Gasteiger partial charge in [-0.2, -0.15) is 5.10 Å². The van der Waals surface area contributed by atoms with Crippen LogP contribution in [-0.4, -0.2) is 21.8 Å². The molecule has 1 aromatic carbocycles. The maximum atomic E-state index is 5.83. The highest BCUT2D eigenvalue weighted by atomic mass is 16.5. The van der Waals surface area contributed by atoms with Gasteiger partial charge in [-0.15, -0.1) is 0 Å². The van der Waals surface area contributed by atoms with E-state index in [1.165, 1.54) is 6.33 Å². The molecule has 0 aliphatic carbocycles. The van der Waals surface area contributed by atoms with Crippen LogP contribution in [0, 0.1) is 0 Å². The molecule has 0 amide bonds. The summed E-state index contributed by atoms with van der Waals surface area (Å²) in [7, 11) is 0. The standard InChI is InChI=1S/C10H12N4O/c1-2-15-9-4-3-7(5-8(9)11)10-12-6-13-14-10/h3-6H,2,11H2,1H3,(H,12,13,14). The summed E-state index contributed by atoms with van der Waals surface area (Å²) in [5.41, 5.74) is 7.33. The van der Waals surface area contributed by atoms with E-state index in [9.17, 15) is 0 Å². The van der Waals surface area contributed by atoms with Gasteiger partial charge in [0, 0.05) is 5.56 Å². The minimum Gasteiger partial charge on any atom is -0.492 e. The molecule has 0 saturated carbocycles. The SMILES string of the molecule is CCOc1ccc(-c2ncn[nH]2)cc1N. The summed E-state index contributed by atoms with van der Waals surface area (Å²) in [6.07, 6.45) is 1.46. The van der Waals surface area contributed by atoms with Crippen LogP contribution >= 0.6 is 0 Å². The molecule has 5 heteroatoms. The van der Waals surface area contributed by atoms with Gasteiger partial charge in [-0.1, -0.05) is 0 Å². The van der Waals surface area contributed by atoms with Crippen LogP contribution in [0.4, 0.5) is 5.69 Å². The minimum atomic E-state index is 0.603. The van der Waals surface area contributed by atoms with Gasteiger partial charge in [0.05, 0.1) is 12.3 Å². The molecule has 5 nitrogen and oxygen atoms in total. The van der Waals surface area contributed by atoms with Crippen LogP contribution in [-0.2, 0) is 0 Å². The number of nitrogens with zero attached hydrogens (tertiary/aromatic N) is 2. The van der Waals surface area contributed by atoms with Gasteiger partial charge in [0.1, 0.15) is 12.1 Å². The molecule has 0 atom stereocenters. The van der Waals surface area contributed by atoms with Gasteiger partial charge in [-0.3, -0.25) is 5.10 Å². The molecule has 0 radical (unpaired) electrons. The lowest BCUT2D eigenvalue weighted by Gasteiger charge is -2.07. The topological polar surface area (TPSA) is 76.8 Å². The lowest BCUT2D eigenvalue weighted by Crippen LogP contribution is -1.97. The molecule has 2 aromatic rings. The average Bonchev–Trinajstić information content (AvgIpc) is 2.74. The summed E-state index contributed by atoms with van der Waals surface area (Å²) in [6, 6.07) is 5.53. The number of anilines is 1. The lowest BCUT2D eigenvalue weighted by molar-refractivity contribution is 0.342. The summed E-state index contributed by atoms with van der Waals surface area (Å²) < 4.78 is 5.34. The first-order chi connectivity index (χ1) is 7.31. The Balaban J connectivity index is 2.33. The quantitative estimate of drug-likeness (QED) is 0.742. The predicted octanol–water partition coefficient (Wildman–Crippen LogP) is 1.45. The third-order valence-corrected chi connectivity index (χ3v) is 2.00. The van der Waals surface area contributed by atoms with Crippen LogP contribution in [0.15, 0.2) is 24.5 Å². The van der Waals surface area contributed by atoms with Gasteiger partial charge in [-0.05, 0) is 25.1 Å². The van der Waals surface area contributed by atoms with E-state index in [2.05, 4.69) is 15.2 Å². The molecule has 0 bridgehead atoms. The monoisotopic (exact) mass is 204 g/mol. The summed E-state index contributed by atoms with van der Waals surface area (Å²) in [6.45, 7) is 2.52. The van der Waals surface area contributed by atoms with Crippen LogP contribution in [0.5, 0.6) is 5.75 Å². The molecule has 0 fully saturated rings. The van der Waals surface area contributed by atoms with E-state index >= 15 is 0 Å². The van der Waals surface area contributed by atoms with E-state index in [1.807, 2.05) is 25.1 Å². The van der Waals surface area contributed by atoms with E-state index < -0.39 is 0 Å². The van der Waals surface area contributed by atoms with E-state index in [-0.39, 0.29) is 0 Å². The molecule has 1 heterocycles. The van der Waals surface area contributed by atoms with Gasteiger partial charge in [0.15, 0.2) is 5.82 Å². The number of ether oxygens (including phenoxy) is 1. The van der Waals surface area contributed by atoms with Crippen molar-refractivity contribution in [2.24, 2.45) is 0 Å². The number of aromatic amines is 1. The molecular weight excluding hydrogens is 192 g/mol. The zero-order valence-electron chi connectivity index (χ0n) is 8.40. The second-order valence-corrected chi connectivity index (χ2v) is 3.02. The first-order valence-electron chi connectivity index (χ1n) is 4.69. The maximum absolute atomic E-state index is 5.83. The smallest absolute Gasteiger partial charge is 0.155 e. The summed E-state index contributed by atoms with van der Waals surface area (Å²) in [5.74, 6) is 1.39. The van der Waals surface area contributed by atoms with Gasteiger partial charge in [0.25, 0.3) is 0 Å². The van der Waals surface area contributed by atoms with Crippen molar-refractivity contribution in [1.29, 1.82) is 0 Å². The minimum absolute atomic E-state index is 0.603. The number of nitrogen functional groups attached to an aromatic ring is 1. The van der Waals surface area contributed by atoms with E-state index in [0.717, 1.165) is 5.56 Å². The van der Waals surface area contributed by atoms with Crippen molar-refractivity contribution in [3.8, 4) is 17.1 Å². The first-order valence-corrected chi connectivity index (χ1v) is 4.69. The van der Waals surface area contributed by atoms with Crippen molar-refractivity contribution >= 4 is 5.69 Å². The van der Waals surface area contributed by atoms with Crippen molar-refractivity contribution in [2.45, 2.75) is 6.92 Å². The zero-order chi connectivity index (χ0) is 10.7. The molecule has 0 aliphatic heterocycles. The van der Waals surface area contributed by atoms with Crippen LogP contribution in [0.2, 0.25) is 0 Å². The van der Waals surface area contributed by atoms with Crippen molar-refractivity contribution in [3.05, 3.63) is 24.5 Å². The number of aromatic nitrogens is 3. The Morgan fingerprint density at radius 1 is 1.47 bits per heavy atom. The summed E-state index contributed by atoms with van der Waals surface area (Å²) in [5, 5.41) is 6.55. The van der Waals surface area contributed by atoms with Crippen LogP contribution in [0.25, 0.3) is 11.4 Å². The number of nitrogens with two attached hydrogens (primary N) is 1. The highest BCUT2D eigenvalue weighted by Crippen LogP contribution is 2.26.